The van der Waals surface area contributed by atoms with Gasteiger partial charge in [0.1, 0.15) is 18.5 Å². The van der Waals surface area contributed by atoms with Gasteiger partial charge >= 0.3 is 0 Å². The maximum Gasteiger partial charge on any atom is 0.143 e. The molecule has 0 spiro atoms. The van der Waals surface area contributed by atoms with Crippen molar-refractivity contribution >= 4 is 10.9 Å². The van der Waals surface area contributed by atoms with E-state index in [1.807, 2.05) is 59.3 Å². The number of ether oxygens (including phenoxy) is 1. The van der Waals surface area contributed by atoms with E-state index in [0.29, 0.717) is 12.3 Å². The quantitative estimate of drug-likeness (QED) is 0.599. The van der Waals surface area contributed by atoms with E-state index < -0.39 is 6.10 Å². The molecule has 27 heavy (non-hydrogen) atoms. The highest BCUT2D eigenvalue weighted by molar-refractivity contribution is 5.85. The van der Waals surface area contributed by atoms with Crippen molar-refractivity contribution in [3.8, 4) is 11.4 Å². The van der Waals surface area contributed by atoms with Gasteiger partial charge in [0.15, 0.2) is 0 Å². The van der Waals surface area contributed by atoms with Crippen molar-refractivity contribution in [3.63, 3.8) is 0 Å². The van der Waals surface area contributed by atoms with Crippen LogP contribution >= 0.6 is 0 Å². The molecule has 5 nitrogen and oxygen atoms in total. The van der Waals surface area contributed by atoms with Crippen molar-refractivity contribution < 1.29 is 14.9 Å². The molecule has 0 radical (unpaired) electrons. The first kappa shape index (κ1) is 19.4. The number of hydrogen-bond acceptors (Lipinski definition) is 4. The number of aliphatic hydroxyl groups excluding tert-OH is 2. The number of rotatable bonds is 7. The van der Waals surface area contributed by atoms with Crippen LogP contribution in [0.2, 0.25) is 0 Å². The lowest BCUT2D eigenvalue weighted by Crippen LogP contribution is -2.42. The Labute approximate surface area is 160 Å². The SMILES string of the molecule is CC(C)(C)NCC(O)COc1ccccc1-n1ccc2c(CO)cccc21. The maximum absolute atomic E-state index is 10.2. The minimum absolute atomic E-state index is 0.00642. The minimum Gasteiger partial charge on any atom is -0.489 e. The molecule has 3 N–H and O–H groups in total. The van der Waals surface area contributed by atoms with Gasteiger partial charge in [-0.15, -0.1) is 0 Å². The molecule has 2 aromatic carbocycles. The second kappa shape index (κ2) is 8.13. The summed E-state index contributed by atoms with van der Waals surface area (Å²) in [6.45, 7) is 6.88. The Morgan fingerprint density at radius 3 is 2.59 bits per heavy atom. The number of β-amino-alcohol motifs (C(OH)–C–C–N with tert-alkyl or cyclic N) is 1. The monoisotopic (exact) mass is 368 g/mol. The fraction of sp³-hybridized carbons (Fsp3) is 0.364. The van der Waals surface area contributed by atoms with Crippen LogP contribution in [-0.2, 0) is 6.61 Å². The Balaban J connectivity index is 1.81. The minimum atomic E-state index is -0.598. The van der Waals surface area contributed by atoms with Gasteiger partial charge in [-0.1, -0.05) is 24.3 Å². The third kappa shape index (κ3) is 4.69. The molecule has 0 saturated carbocycles. The van der Waals surface area contributed by atoms with E-state index in [9.17, 15) is 10.2 Å². The van der Waals surface area contributed by atoms with Crippen LogP contribution < -0.4 is 10.1 Å². The van der Waals surface area contributed by atoms with Crippen LogP contribution in [0.3, 0.4) is 0 Å². The second-order valence-corrected chi connectivity index (χ2v) is 7.76. The van der Waals surface area contributed by atoms with Crippen LogP contribution in [0.1, 0.15) is 26.3 Å². The average molecular weight is 368 g/mol. The number of aromatic nitrogens is 1. The summed E-state index contributed by atoms with van der Waals surface area (Å²) in [4.78, 5) is 0. The summed E-state index contributed by atoms with van der Waals surface area (Å²) in [6, 6.07) is 15.7. The van der Waals surface area contributed by atoms with Crippen molar-refractivity contribution in [1.82, 2.24) is 9.88 Å². The Morgan fingerprint density at radius 2 is 1.85 bits per heavy atom. The Hall–Kier alpha value is -2.34. The third-order valence-corrected chi connectivity index (χ3v) is 4.42. The van der Waals surface area contributed by atoms with E-state index in [1.54, 1.807) is 0 Å². The number of nitrogens with one attached hydrogen (secondary N) is 1. The van der Waals surface area contributed by atoms with Crippen molar-refractivity contribution in [2.75, 3.05) is 13.2 Å². The lowest BCUT2D eigenvalue weighted by atomic mass is 10.1. The summed E-state index contributed by atoms with van der Waals surface area (Å²) in [5.41, 5.74) is 2.76. The molecule has 0 fully saturated rings. The first-order valence-electron chi connectivity index (χ1n) is 9.24. The van der Waals surface area contributed by atoms with Gasteiger partial charge in [0.05, 0.1) is 17.8 Å². The molecule has 0 saturated heterocycles. The Kier molecular flexibility index (Phi) is 5.85. The molecule has 0 aliphatic heterocycles. The first-order valence-corrected chi connectivity index (χ1v) is 9.24. The van der Waals surface area contributed by atoms with Crippen LogP contribution in [-0.4, -0.2) is 39.6 Å². The fourth-order valence-corrected chi connectivity index (χ4v) is 3.03. The first-order chi connectivity index (χ1) is 12.9. The highest BCUT2D eigenvalue weighted by Gasteiger charge is 2.14. The number of fused-ring (bicyclic) bond motifs is 1. The van der Waals surface area contributed by atoms with Gasteiger partial charge < -0.3 is 24.8 Å². The smallest absolute Gasteiger partial charge is 0.143 e. The van der Waals surface area contributed by atoms with E-state index in [1.165, 1.54) is 0 Å². The number of aliphatic hydroxyl groups is 2. The summed E-state index contributed by atoms with van der Waals surface area (Å²) < 4.78 is 7.98. The van der Waals surface area contributed by atoms with Crippen molar-refractivity contribution in [2.45, 2.75) is 39.0 Å². The van der Waals surface area contributed by atoms with Crippen LogP contribution in [0.5, 0.6) is 5.75 Å². The van der Waals surface area contributed by atoms with Gasteiger partial charge in [-0.05, 0) is 50.6 Å². The normalized spacial score (nSPS) is 13.1. The zero-order valence-corrected chi connectivity index (χ0v) is 16.1. The lowest BCUT2D eigenvalue weighted by Gasteiger charge is -2.23. The standard InChI is InChI=1S/C22H28N2O3/c1-22(2,3)23-13-17(26)15-27-21-10-5-4-8-20(21)24-12-11-18-16(14-25)7-6-9-19(18)24/h4-12,17,23,25-26H,13-15H2,1-3H3. The van der Waals surface area contributed by atoms with Crippen molar-refractivity contribution in [1.29, 1.82) is 0 Å². The average Bonchev–Trinajstić information content (AvgIpc) is 3.08. The van der Waals surface area contributed by atoms with Gasteiger partial charge in [0, 0.05) is 23.7 Å². The molecule has 1 aromatic heterocycles. The zero-order valence-electron chi connectivity index (χ0n) is 16.1. The van der Waals surface area contributed by atoms with Gasteiger partial charge in [0.2, 0.25) is 0 Å². The summed E-state index contributed by atoms with van der Waals surface area (Å²) in [5.74, 6) is 0.708. The summed E-state index contributed by atoms with van der Waals surface area (Å²) in [6.07, 6.45) is 1.38. The summed E-state index contributed by atoms with van der Waals surface area (Å²) in [7, 11) is 0. The van der Waals surface area contributed by atoms with Gasteiger partial charge in [0.25, 0.3) is 0 Å². The largest absolute Gasteiger partial charge is 0.489 e. The molecule has 144 valence electrons. The highest BCUT2D eigenvalue weighted by atomic mass is 16.5. The van der Waals surface area contributed by atoms with Crippen LogP contribution in [0.4, 0.5) is 0 Å². The van der Waals surface area contributed by atoms with E-state index in [-0.39, 0.29) is 18.8 Å². The third-order valence-electron chi connectivity index (χ3n) is 4.42. The zero-order chi connectivity index (χ0) is 19.4. The molecular formula is C22H28N2O3. The highest BCUT2D eigenvalue weighted by Crippen LogP contribution is 2.29. The van der Waals surface area contributed by atoms with Crippen LogP contribution in [0.15, 0.2) is 54.7 Å². The van der Waals surface area contributed by atoms with E-state index in [0.717, 1.165) is 22.2 Å². The van der Waals surface area contributed by atoms with E-state index in [2.05, 4.69) is 26.1 Å². The van der Waals surface area contributed by atoms with Gasteiger partial charge in [-0.3, -0.25) is 0 Å². The molecule has 3 rings (SSSR count). The molecule has 5 heteroatoms. The summed E-state index contributed by atoms with van der Waals surface area (Å²) >= 11 is 0. The molecule has 1 heterocycles. The van der Waals surface area contributed by atoms with E-state index in [4.69, 9.17) is 4.74 Å². The second-order valence-electron chi connectivity index (χ2n) is 7.76. The number of benzene rings is 2. The fourth-order valence-electron chi connectivity index (χ4n) is 3.03. The lowest BCUT2D eigenvalue weighted by molar-refractivity contribution is 0.100. The Morgan fingerprint density at radius 1 is 1.07 bits per heavy atom. The molecule has 3 aromatic rings. The van der Waals surface area contributed by atoms with Gasteiger partial charge in [-0.25, -0.2) is 0 Å². The maximum atomic E-state index is 10.2. The van der Waals surface area contributed by atoms with Crippen LogP contribution in [0.25, 0.3) is 16.6 Å². The van der Waals surface area contributed by atoms with Crippen LogP contribution in [0, 0.1) is 0 Å². The number of nitrogens with zero attached hydrogens (tertiary/aromatic N) is 1. The number of para-hydroxylation sites is 2. The molecule has 0 amide bonds. The number of hydrogen-bond donors (Lipinski definition) is 3. The molecule has 0 bridgehead atoms. The van der Waals surface area contributed by atoms with Crippen molar-refractivity contribution in [2.24, 2.45) is 0 Å². The summed E-state index contributed by atoms with van der Waals surface area (Å²) in [5, 5.41) is 24.1. The predicted octanol–water partition coefficient (Wildman–Crippen LogP) is 3.25. The molecule has 0 aliphatic carbocycles. The van der Waals surface area contributed by atoms with Gasteiger partial charge in [-0.2, -0.15) is 0 Å². The molecule has 0 aliphatic rings. The molecule has 1 atom stereocenters. The predicted molar refractivity (Wildman–Crippen MR) is 108 cm³/mol. The van der Waals surface area contributed by atoms with E-state index >= 15 is 0 Å². The van der Waals surface area contributed by atoms with Crippen molar-refractivity contribution in [3.05, 3.63) is 60.3 Å². The topological polar surface area (TPSA) is 66.6 Å². The molecular weight excluding hydrogens is 340 g/mol. The molecule has 1 unspecified atom stereocenters. The Bertz CT molecular complexity index is 896.